The van der Waals surface area contributed by atoms with Gasteiger partial charge >= 0.3 is 11.9 Å². The summed E-state index contributed by atoms with van der Waals surface area (Å²) in [7, 11) is 6.02. The number of methoxy groups -OCH3 is 4. The molecule has 0 fully saturated rings. The summed E-state index contributed by atoms with van der Waals surface area (Å²) in [4.78, 5) is 25.5. The van der Waals surface area contributed by atoms with Crippen molar-refractivity contribution in [2.24, 2.45) is 0 Å². The molecule has 0 aromatic heterocycles. The van der Waals surface area contributed by atoms with Crippen molar-refractivity contribution in [3.05, 3.63) is 62.7 Å². The number of hydrogen-bond acceptors (Lipinski definition) is 9. The van der Waals surface area contributed by atoms with Gasteiger partial charge in [-0.1, -0.05) is 0 Å². The van der Waals surface area contributed by atoms with Crippen molar-refractivity contribution in [1.82, 2.24) is 0 Å². The predicted octanol–water partition coefficient (Wildman–Crippen LogP) is 6.34. The average Bonchev–Trinajstić information content (AvgIpc) is 2.98. The molecule has 0 heterocycles. The molecule has 0 bridgehead atoms. The zero-order valence-corrected chi connectivity index (χ0v) is 26.5. The Balaban J connectivity index is 1.81. The van der Waals surface area contributed by atoms with Crippen molar-refractivity contribution >= 4 is 11.9 Å². The summed E-state index contributed by atoms with van der Waals surface area (Å²) < 4.78 is 39.6. The van der Waals surface area contributed by atoms with Gasteiger partial charge in [-0.3, -0.25) is 0 Å². The van der Waals surface area contributed by atoms with Gasteiger partial charge in [-0.25, -0.2) is 9.59 Å². The molecule has 0 radical (unpaired) electrons. The highest BCUT2D eigenvalue weighted by molar-refractivity contribution is 6.01. The van der Waals surface area contributed by atoms with Crippen LogP contribution >= 0.6 is 0 Å². The molecule has 43 heavy (non-hydrogen) atoms. The maximum atomic E-state index is 13.6. The van der Waals surface area contributed by atoms with Crippen molar-refractivity contribution in [2.45, 2.75) is 48.0 Å². The lowest BCUT2D eigenvalue weighted by atomic mass is 9.92. The average molecular weight is 597 g/mol. The summed E-state index contributed by atoms with van der Waals surface area (Å²) >= 11 is 0. The Morgan fingerprint density at radius 3 is 1.77 bits per heavy atom. The fraction of sp³-hybridized carbons (Fsp3) is 0.394. The van der Waals surface area contributed by atoms with Gasteiger partial charge in [-0.15, -0.1) is 0 Å². The van der Waals surface area contributed by atoms with E-state index in [1.54, 1.807) is 47.1 Å². The van der Waals surface area contributed by atoms with E-state index in [1.165, 1.54) is 14.2 Å². The molecule has 10 nitrogen and oxygen atoms in total. The number of ether oxygens (including phenoxy) is 7. The molecule has 232 valence electrons. The molecule has 0 spiro atoms. The minimum absolute atomic E-state index is 0.0186. The van der Waals surface area contributed by atoms with Gasteiger partial charge in [0.1, 0.15) is 22.8 Å². The zero-order chi connectivity index (χ0) is 32.0. The van der Waals surface area contributed by atoms with E-state index in [9.17, 15) is 14.7 Å². The number of aromatic carboxylic acids is 1. The first-order chi connectivity index (χ1) is 20.4. The van der Waals surface area contributed by atoms with Crippen molar-refractivity contribution in [3.63, 3.8) is 0 Å². The molecular weight excluding hydrogens is 556 g/mol. The Morgan fingerprint density at radius 1 is 0.605 bits per heavy atom. The zero-order valence-electron chi connectivity index (χ0n) is 26.5. The fourth-order valence-electron chi connectivity index (χ4n) is 5.07. The summed E-state index contributed by atoms with van der Waals surface area (Å²) in [6, 6.07) is 5.36. The summed E-state index contributed by atoms with van der Waals surface area (Å²) in [5, 5.41) is 9.72. The Hall–Kier alpha value is -4.60. The second-order valence-corrected chi connectivity index (χ2v) is 9.99. The van der Waals surface area contributed by atoms with Gasteiger partial charge in [0.15, 0.2) is 23.0 Å². The Bertz CT molecular complexity index is 1520. The molecule has 1 N–H and O–H groups in total. The molecule has 0 aliphatic heterocycles. The highest BCUT2D eigenvalue weighted by Gasteiger charge is 2.29. The van der Waals surface area contributed by atoms with E-state index in [0.29, 0.717) is 76.2 Å². The monoisotopic (exact) mass is 596 g/mol. The summed E-state index contributed by atoms with van der Waals surface area (Å²) in [6.45, 7) is 11.3. The van der Waals surface area contributed by atoms with Crippen LogP contribution in [0.25, 0.3) is 0 Å². The fourth-order valence-corrected chi connectivity index (χ4v) is 5.07. The summed E-state index contributed by atoms with van der Waals surface area (Å²) in [5.74, 6) is 1.49. The molecule has 10 heteroatoms. The summed E-state index contributed by atoms with van der Waals surface area (Å²) in [5.41, 5.74) is 3.72. The topological polar surface area (TPSA) is 119 Å². The number of hydrogen-bond donors (Lipinski definition) is 1. The third kappa shape index (κ3) is 6.58. The van der Waals surface area contributed by atoms with Gasteiger partial charge in [-0.2, -0.15) is 0 Å². The largest absolute Gasteiger partial charge is 0.496 e. The quantitative estimate of drug-likeness (QED) is 0.136. The van der Waals surface area contributed by atoms with Crippen LogP contribution in [0.5, 0.6) is 40.2 Å². The molecule has 0 saturated carbocycles. The van der Waals surface area contributed by atoms with Crippen molar-refractivity contribution in [2.75, 3.05) is 41.7 Å². The maximum Gasteiger partial charge on any atom is 0.344 e. The third-order valence-corrected chi connectivity index (χ3v) is 7.57. The van der Waals surface area contributed by atoms with Crippen LogP contribution in [0.3, 0.4) is 0 Å². The molecular formula is C33H40O10. The van der Waals surface area contributed by atoms with Gasteiger partial charge < -0.3 is 38.3 Å². The number of carboxylic acid groups (broad SMARTS) is 1. The minimum Gasteiger partial charge on any atom is -0.496 e. The van der Waals surface area contributed by atoms with Gasteiger partial charge in [0.25, 0.3) is 0 Å². The van der Waals surface area contributed by atoms with Crippen LogP contribution in [0.1, 0.15) is 60.5 Å². The molecule has 0 amide bonds. The number of rotatable bonds is 13. The van der Waals surface area contributed by atoms with Crippen LogP contribution in [0, 0.1) is 41.5 Å². The van der Waals surface area contributed by atoms with E-state index < -0.39 is 11.9 Å². The molecule has 0 aliphatic carbocycles. The molecule has 0 unspecified atom stereocenters. The Kier molecular flexibility index (Phi) is 10.7. The van der Waals surface area contributed by atoms with E-state index in [4.69, 9.17) is 33.2 Å². The van der Waals surface area contributed by atoms with Crippen LogP contribution in [0.15, 0.2) is 18.2 Å². The SMILES string of the molecule is COc1ccc(OCCCOc2c(C)c(C)c(OC(=O)c3c(C)c(C)c(C(=O)O)c(OC)c3C)c(OC)c2C)cc1OC. The number of carbonyl (C=O) groups is 2. The molecule has 0 aliphatic rings. The highest BCUT2D eigenvalue weighted by Crippen LogP contribution is 2.44. The Morgan fingerprint density at radius 2 is 1.19 bits per heavy atom. The Labute approximate surface area is 252 Å². The minimum atomic E-state index is -1.13. The van der Waals surface area contributed by atoms with Crippen LogP contribution in [-0.4, -0.2) is 58.7 Å². The standard InChI is InChI=1S/C33H40O10/c1-17-18(2)27(32(34)35)29(39-9)21(5)26(17)33(36)43-31-20(4)19(3)28(22(6)30(31)40-10)42-15-11-14-41-23-12-13-24(37-7)25(16-23)38-8/h12-13,16H,11,14-15H2,1-10H3,(H,34,35). The number of carboxylic acids is 1. The first-order valence-corrected chi connectivity index (χ1v) is 13.7. The number of benzene rings is 3. The molecule has 3 aromatic rings. The first-order valence-electron chi connectivity index (χ1n) is 13.7. The second kappa shape index (κ2) is 14.0. The first kappa shape index (κ1) is 32.9. The van der Waals surface area contributed by atoms with Crippen molar-refractivity contribution in [1.29, 1.82) is 0 Å². The number of carbonyl (C=O) groups excluding carboxylic acids is 1. The van der Waals surface area contributed by atoms with Gasteiger partial charge in [-0.05, 0) is 70.4 Å². The molecule has 0 atom stereocenters. The van der Waals surface area contributed by atoms with E-state index in [1.807, 2.05) is 26.8 Å². The van der Waals surface area contributed by atoms with Gasteiger partial charge in [0, 0.05) is 29.2 Å². The molecule has 0 saturated heterocycles. The van der Waals surface area contributed by atoms with E-state index >= 15 is 0 Å². The lowest BCUT2D eigenvalue weighted by Crippen LogP contribution is -2.18. The predicted molar refractivity (Wildman–Crippen MR) is 161 cm³/mol. The number of esters is 1. The smallest absolute Gasteiger partial charge is 0.344 e. The highest BCUT2D eigenvalue weighted by atomic mass is 16.6. The molecule has 3 rings (SSSR count). The lowest BCUT2D eigenvalue weighted by molar-refractivity contribution is 0.0685. The lowest BCUT2D eigenvalue weighted by Gasteiger charge is -2.22. The normalized spacial score (nSPS) is 10.7. The maximum absolute atomic E-state index is 13.6. The molecule has 3 aromatic carbocycles. The van der Waals surface area contributed by atoms with Crippen molar-refractivity contribution < 1.29 is 47.9 Å². The van der Waals surface area contributed by atoms with Crippen LogP contribution < -0.4 is 33.2 Å². The van der Waals surface area contributed by atoms with Crippen LogP contribution in [0.2, 0.25) is 0 Å². The van der Waals surface area contributed by atoms with E-state index in [-0.39, 0.29) is 22.6 Å². The van der Waals surface area contributed by atoms with E-state index in [0.717, 1.165) is 5.56 Å². The third-order valence-electron chi connectivity index (χ3n) is 7.57. The van der Waals surface area contributed by atoms with Crippen LogP contribution in [-0.2, 0) is 0 Å². The second-order valence-electron chi connectivity index (χ2n) is 9.99. The van der Waals surface area contributed by atoms with Gasteiger partial charge in [0.2, 0.25) is 0 Å². The van der Waals surface area contributed by atoms with Crippen LogP contribution in [0.4, 0.5) is 0 Å². The summed E-state index contributed by atoms with van der Waals surface area (Å²) in [6.07, 6.45) is 0.609. The van der Waals surface area contributed by atoms with E-state index in [2.05, 4.69) is 0 Å². The van der Waals surface area contributed by atoms with Gasteiger partial charge in [0.05, 0.1) is 47.2 Å². The van der Waals surface area contributed by atoms with Crippen molar-refractivity contribution in [3.8, 4) is 40.2 Å².